The van der Waals surface area contributed by atoms with Gasteiger partial charge < -0.3 is 5.11 Å². The molecule has 2 rings (SSSR count). The summed E-state index contributed by atoms with van der Waals surface area (Å²) in [5, 5.41) is 10.2. The van der Waals surface area contributed by atoms with Gasteiger partial charge in [-0.3, -0.25) is 4.79 Å². The largest absolute Gasteiger partial charge is 0.481 e. The summed E-state index contributed by atoms with van der Waals surface area (Å²) in [6, 6.07) is 10.5. The van der Waals surface area contributed by atoms with Crippen molar-refractivity contribution in [3.8, 4) is 0 Å². The molecule has 1 atom stereocenters. The first-order valence-electron chi connectivity index (χ1n) is 5.98. The Labute approximate surface area is 105 Å². The zero-order valence-corrected chi connectivity index (χ0v) is 10.2. The Morgan fingerprint density at radius 3 is 2.56 bits per heavy atom. The third-order valence-corrected chi connectivity index (χ3v) is 3.23. The number of carboxylic acids is 1. The third-order valence-electron chi connectivity index (χ3n) is 3.23. The van der Waals surface area contributed by atoms with Crippen LogP contribution in [0.5, 0.6) is 0 Å². The maximum atomic E-state index is 13.6. The number of hydrogen-bond donors (Lipinski definition) is 1. The number of hydrogen-bond acceptors (Lipinski definition) is 1. The smallest absolute Gasteiger partial charge is 0.303 e. The molecule has 0 amide bonds. The molecule has 2 nitrogen and oxygen atoms in total. The molecule has 0 aliphatic carbocycles. The molecule has 0 fully saturated rings. The lowest BCUT2D eigenvalue weighted by Gasteiger charge is -2.14. The predicted octanol–water partition coefficient (Wildman–Crippen LogP) is 3.95. The van der Waals surface area contributed by atoms with E-state index in [1.807, 2.05) is 19.1 Å². The molecule has 0 saturated carbocycles. The van der Waals surface area contributed by atoms with Gasteiger partial charge in [0.2, 0.25) is 0 Å². The van der Waals surface area contributed by atoms with Gasteiger partial charge in [-0.1, -0.05) is 37.3 Å². The average Bonchev–Trinajstić information content (AvgIpc) is 2.37. The standard InChI is InChI=1S/C15H15FO2/c1-10(6-9-15(17)18)11-7-8-14(16)13-5-3-2-4-12(11)13/h2-5,7-8,10H,6,9H2,1H3,(H,17,18). The molecule has 2 aromatic rings. The van der Waals surface area contributed by atoms with Crippen molar-refractivity contribution in [1.82, 2.24) is 0 Å². The lowest BCUT2D eigenvalue weighted by atomic mass is 9.91. The lowest BCUT2D eigenvalue weighted by Crippen LogP contribution is -2.01. The van der Waals surface area contributed by atoms with E-state index in [1.165, 1.54) is 6.07 Å². The highest BCUT2D eigenvalue weighted by molar-refractivity contribution is 5.86. The first-order chi connectivity index (χ1) is 8.59. The quantitative estimate of drug-likeness (QED) is 0.886. The maximum Gasteiger partial charge on any atom is 0.303 e. The van der Waals surface area contributed by atoms with Gasteiger partial charge in [-0.15, -0.1) is 0 Å². The van der Waals surface area contributed by atoms with E-state index < -0.39 is 5.97 Å². The monoisotopic (exact) mass is 246 g/mol. The molecule has 0 aliphatic heterocycles. The Bertz CT molecular complexity index is 578. The summed E-state index contributed by atoms with van der Waals surface area (Å²) in [6.07, 6.45) is 0.692. The Balaban J connectivity index is 2.39. The van der Waals surface area contributed by atoms with Crippen molar-refractivity contribution in [3.63, 3.8) is 0 Å². The van der Waals surface area contributed by atoms with E-state index in [0.29, 0.717) is 11.8 Å². The second-order valence-electron chi connectivity index (χ2n) is 4.52. The molecule has 18 heavy (non-hydrogen) atoms. The summed E-state index contributed by atoms with van der Waals surface area (Å²) < 4.78 is 13.6. The maximum absolute atomic E-state index is 13.6. The molecule has 0 heterocycles. The summed E-state index contributed by atoms with van der Waals surface area (Å²) in [7, 11) is 0. The van der Waals surface area contributed by atoms with Gasteiger partial charge >= 0.3 is 5.97 Å². The number of aliphatic carboxylic acids is 1. The van der Waals surface area contributed by atoms with E-state index in [4.69, 9.17) is 5.11 Å². The molecule has 0 spiro atoms. The van der Waals surface area contributed by atoms with Gasteiger partial charge in [-0.25, -0.2) is 4.39 Å². The number of halogens is 1. The van der Waals surface area contributed by atoms with Crippen LogP contribution >= 0.6 is 0 Å². The van der Waals surface area contributed by atoms with Gasteiger partial charge in [0, 0.05) is 11.8 Å². The van der Waals surface area contributed by atoms with Crippen molar-refractivity contribution < 1.29 is 14.3 Å². The molecule has 3 heteroatoms. The first kappa shape index (κ1) is 12.6. The van der Waals surface area contributed by atoms with Crippen molar-refractivity contribution in [2.45, 2.75) is 25.7 Å². The Kier molecular flexibility index (Phi) is 3.60. The van der Waals surface area contributed by atoms with Crippen LogP contribution in [0.1, 0.15) is 31.2 Å². The molecular formula is C15H15FO2. The number of rotatable bonds is 4. The Morgan fingerprint density at radius 2 is 1.89 bits per heavy atom. The molecule has 0 bridgehead atoms. The molecule has 0 saturated heterocycles. The van der Waals surface area contributed by atoms with E-state index in [0.717, 1.165) is 10.9 Å². The van der Waals surface area contributed by atoms with Crippen LogP contribution in [0.25, 0.3) is 10.8 Å². The minimum atomic E-state index is -0.798. The van der Waals surface area contributed by atoms with Crippen LogP contribution in [0.4, 0.5) is 4.39 Å². The summed E-state index contributed by atoms with van der Waals surface area (Å²) in [4.78, 5) is 10.6. The molecule has 0 radical (unpaired) electrons. The number of carbonyl (C=O) groups is 1. The summed E-state index contributed by atoms with van der Waals surface area (Å²) in [6.45, 7) is 1.97. The minimum absolute atomic E-state index is 0.103. The highest BCUT2D eigenvalue weighted by Gasteiger charge is 2.12. The third kappa shape index (κ3) is 2.50. The molecule has 0 aromatic heterocycles. The fourth-order valence-corrected chi connectivity index (χ4v) is 2.21. The fourth-order valence-electron chi connectivity index (χ4n) is 2.21. The van der Waals surface area contributed by atoms with Gasteiger partial charge in [-0.05, 0) is 29.4 Å². The van der Waals surface area contributed by atoms with Gasteiger partial charge in [0.05, 0.1) is 0 Å². The molecule has 1 N–H and O–H groups in total. The van der Waals surface area contributed by atoms with Crippen molar-refractivity contribution >= 4 is 16.7 Å². The van der Waals surface area contributed by atoms with Gasteiger partial charge in [0.1, 0.15) is 5.82 Å². The average molecular weight is 246 g/mol. The SMILES string of the molecule is CC(CCC(=O)O)c1ccc(F)c2ccccc12. The van der Waals surface area contributed by atoms with E-state index in [1.54, 1.807) is 18.2 Å². The van der Waals surface area contributed by atoms with Crippen LogP contribution in [0.2, 0.25) is 0 Å². The molecular weight excluding hydrogens is 231 g/mol. The van der Waals surface area contributed by atoms with Crippen molar-refractivity contribution in [2.24, 2.45) is 0 Å². The van der Waals surface area contributed by atoms with Crippen molar-refractivity contribution in [3.05, 3.63) is 47.8 Å². The number of benzene rings is 2. The van der Waals surface area contributed by atoms with Crippen LogP contribution in [0.15, 0.2) is 36.4 Å². The van der Waals surface area contributed by atoms with Gasteiger partial charge in [0.15, 0.2) is 0 Å². The molecule has 1 unspecified atom stereocenters. The Hall–Kier alpha value is -1.90. The normalized spacial score (nSPS) is 12.6. The molecule has 0 aliphatic rings. The van der Waals surface area contributed by atoms with Gasteiger partial charge in [0.25, 0.3) is 0 Å². The number of fused-ring (bicyclic) bond motifs is 1. The summed E-state index contributed by atoms with van der Waals surface area (Å²) in [5.41, 5.74) is 1.01. The lowest BCUT2D eigenvalue weighted by molar-refractivity contribution is -0.137. The highest BCUT2D eigenvalue weighted by Crippen LogP contribution is 2.29. The fraction of sp³-hybridized carbons (Fsp3) is 0.267. The minimum Gasteiger partial charge on any atom is -0.481 e. The second-order valence-corrected chi connectivity index (χ2v) is 4.52. The second kappa shape index (κ2) is 5.17. The molecule has 94 valence electrons. The van der Waals surface area contributed by atoms with E-state index in [2.05, 4.69) is 0 Å². The van der Waals surface area contributed by atoms with Gasteiger partial charge in [-0.2, -0.15) is 0 Å². The molecule has 2 aromatic carbocycles. The van der Waals surface area contributed by atoms with Crippen LogP contribution in [-0.4, -0.2) is 11.1 Å². The van der Waals surface area contributed by atoms with E-state index >= 15 is 0 Å². The zero-order chi connectivity index (χ0) is 13.1. The summed E-state index contributed by atoms with van der Waals surface area (Å²) in [5.74, 6) is -0.931. The number of carboxylic acid groups (broad SMARTS) is 1. The Morgan fingerprint density at radius 1 is 1.22 bits per heavy atom. The van der Waals surface area contributed by atoms with Crippen LogP contribution in [0, 0.1) is 5.82 Å². The van der Waals surface area contributed by atoms with Crippen LogP contribution < -0.4 is 0 Å². The van der Waals surface area contributed by atoms with Crippen LogP contribution in [0.3, 0.4) is 0 Å². The van der Waals surface area contributed by atoms with E-state index in [-0.39, 0.29) is 18.2 Å². The highest BCUT2D eigenvalue weighted by atomic mass is 19.1. The summed E-state index contributed by atoms with van der Waals surface area (Å²) >= 11 is 0. The van der Waals surface area contributed by atoms with Crippen molar-refractivity contribution in [2.75, 3.05) is 0 Å². The van der Waals surface area contributed by atoms with Crippen LogP contribution in [-0.2, 0) is 4.79 Å². The van der Waals surface area contributed by atoms with E-state index in [9.17, 15) is 9.18 Å². The zero-order valence-electron chi connectivity index (χ0n) is 10.2. The first-order valence-corrected chi connectivity index (χ1v) is 5.98. The topological polar surface area (TPSA) is 37.3 Å². The predicted molar refractivity (Wildman–Crippen MR) is 69.2 cm³/mol. The van der Waals surface area contributed by atoms with Crippen molar-refractivity contribution in [1.29, 1.82) is 0 Å².